The maximum Gasteiger partial charge on any atom is 0.401 e. The Morgan fingerprint density at radius 2 is 2.22 bits per heavy atom. The van der Waals surface area contributed by atoms with Crippen LogP contribution in [0.15, 0.2) is 15.9 Å². The molecule has 0 saturated heterocycles. The van der Waals surface area contributed by atoms with Gasteiger partial charge in [-0.1, -0.05) is 0 Å². The first-order valence-electron chi connectivity index (χ1n) is 5.15. The number of halogens is 4. The van der Waals surface area contributed by atoms with E-state index in [1.54, 1.807) is 18.4 Å². The van der Waals surface area contributed by atoms with Crippen molar-refractivity contribution in [1.29, 1.82) is 0 Å². The fourth-order valence-corrected chi connectivity index (χ4v) is 2.81. The molecule has 0 bridgehead atoms. The van der Waals surface area contributed by atoms with E-state index < -0.39 is 24.7 Å². The third kappa shape index (κ3) is 4.95. The van der Waals surface area contributed by atoms with Crippen LogP contribution in [0.5, 0.6) is 0 Å². The smallest absolute Gasteiger partial charge is 0.355 e. The lowest BCUT2D eigenvalue weighted by Gasteiger charge is -2.17. The predicted molar refractivity (Wildman–Crippen MR) is 67.5 cm³/mol. The van der Waals surface area contributed by atoms with Crippen molar-refractivity contribution < 1.29 is 18.0 Å². The van der Waals surface area contributed by atoms with Gasteiger partial charge < -0.3 is 5.32 Å². The highest BCUT2D eigenvalue weighted by atomic mass is 79.9. The third-order valence-electron chi connectivity index (χ3n) is 1.99. The molecule has 1 rings (SSSR count). The third-order valence-corrected chi connectivity index (χ3v) is 3.75. The second kappa shape index (κ2) is 6.53. The maximum absolute atomic E-state index is 12.2. The molecule has 0 aromatic carbocycles. The van der Waals surface area contributed by atoms with Gasteiger partial charge in [0, 0.05) is 21.3 Å². The molecule has 0 fully saturated rings. The van der Waals surface area contributed by atoms with E-state index in [1.807, 2.05) is 0 Å². The zero-order valence-corrected chi connectivity index (χ0v) is 11.9. The van der Waals surface area contributed by atoms with Crippen LogP contribution in [0, 0.1) is 0 Å². The Hall–Kier alpha value is -0.600. The molecule has 18 heavy (non-hydrogen) atoms. The summed E-state index contributed by atoms with van der Waals surface area (Å²) in [5.74, 6) is -0.462. The minimum atomic E-state index is -4.35. The standard InChI is InChI=1S/C10H12BrF3N2OS/c1-2-15-9(17)8(16-5-10(12,13)14)7-3-6(11)4-18-7/h3-4,8,16H,2,5H2,1H3,(H,15,17)/t8-/m1/s1. The van der Waals surface area contributed by atoms with Gasteiger partial charge in [0.15, 0.2) is 0 Å². The first kappa shape index (κ1) is 15.5. The second-order valence-electron chi connectivity index (χ2n) is 3.49. The van der Waals surface area contributed by atoms with Gasteiger partial charge in [0.05, 0.1) is 6.54 Å². The van der Waals surface area contributed by atoms with E-state index >= 15 is 0 Å². The summed E-state index contributed by atoms with van der Waals surface area (Å²) in [6, 6.07) is 0.649. The van der Waals surface area contributed by atoms with Gasteiger partial charge in [0.25, 0.3) is 0 Å². The Labute approximate surface area is 115 Å². The largest absolute Gasteiger partial charge is 0.401 e. The summed E-state index contributed by atoms with van der Waals surface area (Å²) in [5, 5.41) is 6.46. The SMILES string of the molecule is CCNC(=O)[C@H](NCC(F)(F)F)c1cc(Br)cs1. The summed E-state index contributed by atoms with van der Waals surface area (Å²) < 4.78 is 37.3. The Morgan fingerprint density at radius 1 is 1.56 bits per heavy atom. The minimum absolute atomic E-state index is 0.371. The van der Waals surface area contributed by atoms with Crippen molar-refractivity contribution in [2.75, 3.05) is 13.1 Å². The first-order chi connectivity index (χ1) is 8.33. The maximum atomic E-state index is 12.2. The van der Waals surface area contributed by atoms with Crippen LogP contribution in [0.4, 0.5) is 13.2 Å². The lowest BCUT2D eigenvalue weighted by Crippen LogP contribution is -2.40. The number of nitrogens with one attached hydrogen (secondary N) is 2. The number of carbonyl (C=O) groups excluding carboxylic acids is 1. The summed E-state index contributed by atoms with van der Waals surface area (Å²) in [5.41, 5.74) is 0. The number of hydrogen-bond donors (Lipinski definition) is 2. The summed E-state index contributed by atoms with van der Waals surface area (Å²) in [6.45, 7) is 0.878. The van der Waals surface area contributed by atoms with Crippen LogP contribution in [-0.2, 0) is 4.79 Å². The highest BCUT2D eigenvalue weighted by molar-refractivity contribution is 9.10. The van der Waals surface area contributed by atoms with E-state index in [-0.39, 0.29) is 0 Å². The summed E-state index contributed by atoms with van der Waals surface area (Å²) in [4.78, 5) is 12.3. The molecule has 0 radical (unpaired) electrons. The molecule has 2 N–H and O–H groups in total. The monoisotopic (exact) mass is 344 g/mol. The fraction of sp³-hybridized carbons (Fsp3) is 0.500. The molecular weight excluding hydrogens is 333 g/mol. The molecule has 1 aromatic heterocycles. The van der Waals surface area contributed by atoms with Crippen LogP contribution in [0.3, 0.4) is 0 Å². The Kier molecular flexibility index (Phi) is 5.61. The highest BCUT2D eigenvalue weighted by Gasteiger charge is 2.31. The molecule has 0 aliphatic carbocycles. The Bertz CT molecular complexity index is 408. The van der Waals surface area contributed by atoms with Gasteiger partial charge in [-0.15, -0.1) is 11.3 Å². The van der Waals surface area contributed by atoms with E-state index in [4.69, 9.17) is 0 Å². The van der Waals surface area contributed by atoms with Crippen LogP contribution < -0.4 is 10.6 Å². The van der Waals surface area contributed by atoms with Crippen molar-refractivity contribution in [3.05, 3.63) is 20.8 Å². The van der Waals surface area contributed by atoms with Crippen LogP contribution in [0.2, 0.25) is 0 Å². The number of amides is 1. The zero-order chi connectivity index (χ0) is 13.8. The Balaban J connectivity index is 2.78. The van der Waals surface area contributed by atoms with Gasteiger partial charge in [-0.3, -0.25) is 10.1 Å². The molecular formula is C10H12BrF3N2OS. The topological polar surface area (TPSA) is 41.1 Å². The fourth-order valence-electron chi connectivity index (χ4n) is 1.30. The summed E-state index contributed by atoms with van der Waals surface area (Å²) in [6.07, 6.45) is -4.35. The van der Waals surface area contributed by atoms with Crippen LogP contribution in [0.1, 0.15) is 17.8 Å². The number of thiophene rings is 1. The van der Waals surface area contributed by atoms with Gasteiger partial charge in [0.1, 0.15) is 6.04 Å². The van der Waals surface area contributed by atoms with Crippen molar-refractivity contribution in [2.24, 2.45) is 0 Å². The van der Waals surface area contributed by atoms with E-state index in [1.165, 1.54) is 11.3 Å². The molecule has 102 valence electrons. The summed E-state index contributed by atoms with van der Waals surface area (Å²) >= 11 is 4.43. The zero-order valence-electron chi connectivity index (χ0n) is 9.47. The average Bonchev–Trinajstić information content (AvgIpc) is 2.64. The molecule has 8 heteroatoms. The average molecular weight is 345 g/mol. The van der Waals surface area contributed by atoms with Crippen molar-refractivity contribution in [1.82, 2.24) is 10.6 Å². The molecule has 1 atom stereocenters. The van der Waals surface area contributed by atoms with E-state index in [0.29, 0.717) is 11.4 Å². The molecule has 1 amide bonds. The van der Waals surface area contributed by atoms with Crippen LogP contribution in [0.25, 0.3) is 0 Å². The quantitative estimate of drug-likeness (QED) is 0.862. The second-order valence-corrected chi connectivity index (χ2v) is 5.35. The number of alkyl halides is 3. The minimum Gasteiger partial charge on any atom is -0.355 e. The van der Waals surface area contributed by atoms with Crippen molar-refractivity contribution in [3.63, 3.8) is 0 Å². The highest BCUT2D eigenvalue weighted by Crippen LogP contribution is 2.26. The molecule has 3 nitrogen and oxygen atoms in total. The Morgan fingerprint density at radius 3 is 2.67 bits per heavy atom. The van der Waals surface area contributed by atoms with Crippen molar-refractivity contribution in [2.45, 2.75) is 19.1 Å². The molecule has 0 aliphatic heterocycles. The van der Waals surface area contributed by atoms with E-state index in [9.17, 15) is 18.0 Å². The number of likely N-dealkylation sites (N-methyl/N-ethyl adjacent to an activating group) is 1. The lowest BCUT2D eigenvalue weighted by molar-refractivity contribution is -0.132. The molecule has 0 aliphatic rings. The number of carbonyl (C=O) groups is 1. The van der Waals surface area contributed by atoms with Gasteiger partial charge in [-0.2, -0.15) is 13.2 Å². The van der Waals surface area contributed by atoms with Crippen molar-refractivity contribution in [3.8, 4) is 0 Å². The first-order valence-corrected chi connectivity index (χ1v) is 6.82. The van der Waals surface area contributed by atoms with E-state index in [2.05, 4.69) is 26.6 Å². The van der Waals surface area contributed by atoms with Crippen LogP contribution in [-0.4, -0.2) is 25.2 Å². The molecule has 0 saturated carbocycles. The molecule has 0 spiro atoms. The van der Waals surface area contributed by atoms with Gasteiger partial charge >= 0.3 is 6.18 Å². The molecule has 0 unspecified atom stereocenters. The lowest BCUT2D eigenvalue weighted by atomic mass is 10.2. The molecule has 1 heterocycles. The van der Waals surface area contributed by atoms with Gasteiger partial charge in [-0.05, 0) is 28.9 Å². The van der Waals surface area contributed by atoms with Crippen molar-refractivity contribution >= 4 is 33.2 Å². The predicted octanol–water partition coefficient (Wildman–Crippen LogP) is 2.84. The van der Waals surface area contributed by atoms with Crippen LogP contribution >= 0.6 is 27.3 Å². The number of rotatable bonds is 5. The normalized spacial score (nSPS) is 13.4. The van der Waals surface area contributed by atoms with E-state index in [0.717, 1.165) is 4.47 Å². The van der Waals surface area contributed by atoms with Gasteiger partial charge in [-0.25, -0.2) is 0 Å². The molecule has 1 aromatic rings. The van der Waals surface area contributed by atoms with Gasteiger partial charge in [0.2, 0.25) is 5.91 Å². The number of hydrogen-bond acceptors (Lipinski definition) is 3. The summed E-state index contributed by atoms with van der Waals surface area (Å²) in [7, 11) is 0.